The topological polar surface area (TPSA) is 73.8 Å². The van der Waals surface area contributed by atoms with Gasteiger partial charge in [-0.1, -0.05) is 68.7 Å². The second-order valence-electron chi connectivity index (χ2n) is 8.18. The molecule has 5 rings (SSSR count). The van der Waals surface area contributed by atoms with Gasteiger partial charge in [0.2, 0.25) is 0 Å². The second kappa shape index (κ2) is 10.5. The van der Waals surface area contributed by atoms with E-state index in [-0.39, 0.29) is 17.7 Å². The number of nitrogens with zero attached hydrogens (tertiary/aromatic N) is 2. The van der Waals surface area contributed by atoms with Crippen molar-refractivity contribution in [3.63, 3.8) is 0 Å². The Morgan fingerprint density at radius 1 is 1.19 bits per heavy atom. The van der Waals surface area contributed by atoms with Crippen molar-refractivity contribution in [1.29, 1.82) is 0 Å². The molecule has 0 saturated heterocycles. The molecule has 0 unspecified atom stereocenters. The van der Waals surface area contributed by atoms with Gasteiger partial charge in [0, 0.05) is 20.1 Å². The largest absolute Gasteiger partial charge is 0.463 e. The van der Waals surface area contributed by atoms with E-state index in [0.717, 1.165) is 10.0 Å². The number of ether oxygens (including phenoxy) is 1. The van der Waals surface area contributed by atoms with Crippen molar-refractivity contribution in [3.8, 4) is 11.3 Å². The van der Waals surface area contributed by atoms with E-state index in [2.05, 4.69) is 20.9 Å². The SMILES string of the molecule is CCOC(=O)C1=C(C)N=c2s/c(=C\c3ccc(Cl)cc3Cl)c(=O)n2[C@@H]1c1ccc(-c2ccc(Br)cc2)o1. The van der Waals surface area contributed by atoms with Crippen molar-refractivity contribution in [2.24, 2.45) is 4.99 Å². The van der Waals surface area contributed by atoms with E-state index in [1.54, 1.807) is 44.2 Å². The Balaban J connectivity index is 1.69. The Labute approximate surface area is 234 Å². The fraction of sp³-hybridized carbons (Fsp3) is 0.148. The molecule has 2 aromatic heterocycles. The van der Waals surface area contributed by atoms with Crippen molar-refractivity contribution in [3.05, 3.63) is 111 Å². The third-order valence-electron chi connectivity index (χ3n) is 5.79. The zero-order valence-corrected chi connectivity index (χ0v) is 23.5. The van der Waals surface area contributed by atoms with E-state index in [1.807, 2.05) is 30.3 Å². The molecule has 0 bridgehead atoms. The Kier molecular flexibility index (Phi) is 7.27. The van der Waals surface area contributed by atoms with Gasteiger partial charge in [-0.25, -0.2) is 9.79 Å². The molecule has 2 aromatic carbocycles. The first kappa shape index (κ1) is 25.7. The molecule has 0 N–H and O–H groups in total. The van der Waals surface area contributed by atoms with Crippen LogP contribution in [-0.2, 0) is 9.53 Å². The lowest BCUT2D eigenvalue weighted by molar-refractivity contribution is -0.139. The van der Waals surface area contributed by atoms with Crippen LogP contribution in [0.3, 0.4) is 0 Å². The maximum absolute atomic E-state index is 13.7. The molecule has 0 spiro atoms. The first-order valence-corrected chi connectivity index (χ1v) is 13.6. The Morgan fingerprint density at radius 3 is 2.65 bits per heavy atom. The molecule has 0 amide bonds. The Hall–Kier alpha value is -2.91. The van der Waals surface area contributed by atoms with Gasteiger partial charge < -0.3 is 9.15 Å². The molecule has 6 nitrogen and oxygen atoms in total. The zero-order valence-electron chi connectivity index (χ0n) is 19.6. The summed E-state index contributed by atoms with van der Waals surface area (Å²) in [5.41, 5.74) is 1.89. The maximum Gasteiger partial charge on any atom is 0.338 e. The van der Waals surface area contributed by atoms with Gasteiger partial charge in [0.25, 0.3) is 5.56 Å². The molecule has 37 heavy (non-hydrogen) atoms. The van der Waals surface area contributed by atoms with E-state index < -0.39 is 12.0 Å². The fourth-order valence-corrected chi connectivity index (χ4v) is 5.85. The van der Waals surface area contributed by atoms with Crippen molar-refractivity contribution in [2.75, 3.05) is 6.61 Å². The molecular weight excluding hydrogens is 599 g/mol. The number of allylic oxidation sites excluding steroid dienone is 1. The molecule has 0 radical (unpaired) electrons. The summed E-state index contributed by atoms with van der Waals surface area (Å²) in [5.74, 6) is 0.480. The summed E-state index contributed by atoms with van der Waals surface area (Å²) in [5, 5.41) is 0.918. The van der Waals surface area contributed by atoms with Gasteiger partial charge in [-0.15, -0.1) is 0 Å². The molecule has 3 heterocycles. The van der Waals surface area contributed by atoms with Crippen LogP contribution in [-0.4, -0.2) is 17.1 Å². The number of fused-ring (bicyclic) bond motifs is 1. The number of esters is 1. The predicted octanol–water partition coefficient (Wildman–Crippen LogP) is 6.13. The number of halogens is 3. The minimum Gasteiger partial charge on any atom is -0.463 e. The summed E-state index contributed by atoms with van der Waals surface area (Å²) < 4.78 is 14.4. The van der Waals surface area contributed by atoms with Gasteiger partial charge in [0.15, 0.2) is 4.80 Å². The number of hydrogen-bond acceptors (Lipinski definition) is 6. The van der Waals surface area contributed by atoms with Crippen LogP contribution < -0.4 is 14.9 Å². The van der Waals surface area contributed by atoms with E-state index >= 15 is 0 Å². The van der Waals surface area contributed by atoms with Crippen molar-refractivity contribution >= 4 is 62.5 Å². The molecule has 10 heteroatoms. The molecule has 0 aliphatic carbocycles. The fourth-order valence-electron chi connectivity index (χ4n) is 4.09. The summed E-state index contributed by atoms with van der Waals surface area (Å²) in [7, 11) is 0. The Bertz CT molecular complexity index is 1730. The number of rotatable bonds is 5. The summed E-state index contributed by atoms with van der Waals surface area (Å²) in [4.78, 5) is 31.8. The molecule has 0 saturated carbocycles. The number of carbonyl (C=O) groups is 1. The molecule has 188 valence electrons. The molecule has 4 aromatic rings. The van der Waals surface area contributed by atoms with Gasteiger partial charge in [-0.05, 0) is 61.9 Å². The smallest absolute Gasteiger partial charge is 0.338 e. The first-order valence-electron chi connectivity index (χ1n) is 11.3. The summed E-state index contributed by atoms with van der Waals surface area (Å²) in [6.45, 7) is 3.64. The van der Waals surface area contributed by atoms with Crippen LogP contribution in [0.2, 0.25) is 10.0 Å². The zero-order chi connectivity index (χ0) is 26.3. The van der Waals surface area contributed by atoms with Crippen molar-refractivity contribution in [1.82, 2.24) is 4.57 Å². The predicted molar refractivity (Wildman–Crippen MR) is 149 cm³/mol. The number of furan rings is 1. The van der Waals surface area contributed by atoms with Crippen LogP contribution in [0, 0.1) is 0 Å². The quantitative estimate of drug-likeness (QED) is 0.253. The molecule has 1 aliphatic rings. The first-order chi connectivity index (χ1) is 17.8. The standard InChI is InChI=1S/C27H19BrCl2N2O4S/c1-3-35-26(34)23-14(2)31-27-32(25(33)22(37-27)12-16-6-9-18(29)13-19(16)30)24(23)21-11-10-20(36-21)15-4-7-17(28)8-5-15/h4-13,24H,3H2,1-2H3/b22-12-/t24-/m1/s1. The average Bonchev–Trinajstić information content (AvgIpc) is 3.46. The second-order valence-corrected chi connectivity index (χ2v) is 10.9. The average molecular weight is 618 g/mol. The summed E-state index contributed by atoms with van der Waals surface area (Å²) >= 11 is 17.0. The number of thiazole rings is 1. The molecule has 1 aliphatic heterocycles. The van der Waals surface area contributed by atoms with Gasteiger partial charge in [0.05, 0.1) is 22.4 Å². The highest BCUT2D eigenvalue weighted by Crippen LogP contribution is 2.34. The number of aromatic nitrogens is 1. The number of carbonyl (C=O) groups excluding carboxylic acids is 1. The van der Waals surface area contributed by atoms with Crippen LogP contribution in [0.25, 0.3) is 17.4 Å². The van der Waals surface area contributed by atoms with Crippen LogP contribution in [0.1, 0.15) is 31.2 Å². The van der Waals surface area contributed by atoms with Crippen LogP contribution in [0.15, 0.2) is 84.5 Å². The van der Waals surface area contributed by atoms with E-state index in [1.165, 1.54) is 15.9 Å². The number of hydrogen-bond donors (Lipinski definition) is 0. The minimum atomic E-state index is -0.845. The van der Waals surface area contributed by atoms with Crippen molar-refractivity contribution < 1.29 is 13.9 Å². The highest BCUT2D eigenvalue weighted by Gasteiger charge is 2.35. The van der Waals surface area contributed by atoms with Gasteiger partial charge >= 0.3 is 5.97 Å². The van der Waals surface area contributed by atoms with E-state index in [9.17, 15) is 9.59 Å². The lowest BCUT2D eigenvalue weighted by Crippen LogP contribution is -2.39. The van der Waals surface area contributed by atoms with Crippen LogP contribution >= 0.6 is 50.5 Å². The maximum atomic E-state index is 13.7. The number of benzene rings is 2. The lowest BCUT2D eigenvalue weighted by atomic mass is 10.0. The lowest BCUT2D eigenvalue weighted by Gasteiger charge is -2.22. The minimum absolute atomic E-state index is 0.185. The molecule has 0 fully saturated rings. The van der Waals surface area contributed by atoms with Crippen LogP contribution in [0.5, 0.6) is 0 Å². The van der Waals surface area contributed by atoms with Gasteiger partial charge in [0.1, 0.15) is 17.6 Å². The Morgan fingerprint density at radius 2 is 1.95 bits per heavy atom. The normalized spacial score (nSPS) is 15.5. The van der Waals surface area contributed by atoms with Gasteiger partial charge in [-0.2, -0.15) is 0 Å². The highest BCUT2D eigenvalue weighted by molar-refractivity contribution is 9.10. The summed E-state index contributed by atoms with van der Waals surface area (Å²) in [6, 6.07) is 15.5. The van der Waals surface area contributed by atoms with E-state index in [0.29, 0.717) is 42.2 Å². The van der Waals surface area contributed by atoms with Crippen molar-refractivity contribution in [2.45, 2.75) is 19.9 Å². The van der Waals surface area contributed by atoms with Gasteiger partial charge in [-0.3, -0.25) is 9.36 Å². The van der Waals surface area contributed by atoms with Crippen LogP contribution in [0.4, 0.5) is 0 Å². The molecule has 1 atom stereocenters. The third kappa shape index (κ3) is 4.99. The monoisotopic (exact) mass is 616 g/mol. The van der Waals surface area contributed by atoms with E-state index in [4.69, 9.17) is 32.4 Å². The third-order valence-corrected chi connectivity index (χ3v) is 7.87. The highest BCUT2D eigenvalue weighted by atomic mass is 79.9. The molecular formula is C27H19BrCl2N2O4S. The summed E-state index contributed by atoms with van der Waals surface area (Å²) in [6.07, 6.45) is 1.69.